The number of amides is 1. The Kier molecular flexibility index (Phi) is 14.3. The summed E-state index contributed by atoms with van der Waals surface area (Å²) in [6.07, 6.45) is 15.1. The van der Waals surface area contributed by atoms with Gasteiger partial charge in [-0.25, -0.2) is 27.5 Å². The first kappa shape index (κ1) is 49.4. The number of hydrogen-bond donors (Lipinski definition) is 3. The smallest absolute Gasteiger partial charge is 0.312 e. The molecule has 0 radical (unpaired) electrons. The van der Waals surface area contributed by atoms with Crippen molar-refractivity contribution in [3.63, 3.8) is 0 Å². The Hall–Kier alpha value is -5.63. The lowest BCUT2D eigenvalue weighted by molar-refractivity contribution is -0.384. The number of fused-ring (bicyclic) bond motifs is 1. The van der Waals surface area contributed by atoms with Gasteiger partial charge in [-0.3, -0.25) is 24.0 Å². The van der Waals surface area contributed by atoms with E-state index in [9.17, 15) is 27.5 Å². The minimum absolute atomic E-state index is 0.0198. The van der Waals surface area contributed by atoms with Gasteiger partial charge >= 0.3 is 5.69 Å². The van der Waals surface area contributed by atoms with Crippen LogP contribution >= 0.6 is 0 Å². The molecule has 2 aromatic carbocycles. The molecule has 1 spiro atoms. The van der Waals surface area contributed by atoms with Gasteiger partial charge in [-0.05, 0) is 111 Å². The van der Waals surface area contributed by atoms with Crippen molar-refractivity contribution >= 4 is 53.9 Å². The summed E-state index contributed by atoms with van der Waals surface area (Å²) >= 11 is 0. The van der Waals surface area contributed by atoms with Crippen molar-refractivity contribution in [1.82, 2.24) is 29.5 Å². The molecule has 2 aliphatic heterocycles. The number of hydrogen-bond acceptors (Lipinski definition) is 14. The number of anilines is 2. The third-order valence-electron chi connectivity index (χ3n) is 15.1. The third-order valence-corrected chi connectivity index (χ3v) is 17.2. The van der Waals surface area contributed by atoms with Gasteiger partial charge < -0.3 is 24.8 Å². The highest BCUT2D eigenvalue weighted by molar-refractivity contribution is 7.92. The lowest BCUT2D eigenvalue weighted by Gasteiger charge is -2.58. The minimum Gasteiger partial charge on any atom is -0.455 e. The van der Waals surface area contributed by atoms with Gasteiger partial charge in [0.15, 0.2) is 0 Å². The van der Waals surface area contributed by atoms with Crippen molar-refractivity contribution in [2.45, 2.75) is 101 Å². The zero-order chi connectivity index (χ0) is 49.4. The molecule has 4 fully saturated rings. The summed E-state index contributed by atoms with van der Waals surface area (Å²) < 4.78 is 52.7. The highest BCUT2D eigenvalue weighted by atomic mass is 32.2. The molecule has 17 nitrogen and oxygen atoms in total. The number of carbonyl (C=O) groups is 1. The SMILES string of the molecule is CCN1CCN(C2CC3(CCN(c4ccc(C(=O)NS(=O)(=O)c5cnc(NCC6CCC(N=S(C)(C)=O)CC6)c([N+](=O)[O-])c5)c(Oc5cnc6[nH]ccc6c5)c4)CC3)C2)[C@@H](c2ccccc2C(C)C)C1. The van der Waals surface area contributed by atoms with Crippen LogP contribution in [-0.4, -0.2) is 119 Å². The Balaban J connectivity index is 0.886. The average Bonchev–Trinajstić information content (AvgIpc) is 3.80. The second kappa shape index (κ2) is 20.2. The molecule has 0 bridgehead atoms. The minimum atomic E-state index is -4.65. The van der Waals surface area contributed by atoms with Crippen molar-refractivity contribution in [3.05, 3.63) is 106 Å². The van der Waals surface area contributed by atoms with E-state index in [1.54, 1.807) is 36.9 Å². The second-order valence-corrected chi connectivity index (χ2v) is 24.7. The molecule has 1 atom stereocenters. The second-order valence-electron chi connectivity index (χ2n) is 20.4. The molecule has 4 aliphatic rings. The monoisotopic (exact) mass is 994 g/mol. The summed E-state index contributed by atoms with van der Waals surface area (Å²) in [5.74, 6) is 0.0731. The number of sulfonamides is 1. The first-order valence-electron chi connectivity index (χ1n) is 24.6. The molecule has 3 N–H and O–H groups in total. The predicted molar refractivity (Wildman–Crippen MR) is 274 cm³/mol. The van der Waals surface area contributed by atoms with Crippen molar-refractivity contribution in [2.24, 2.45) is 15.7 Å². The van der Waals surface area contributed by atoms with Crippen LogP contribution in [0.3, 0.4) is 0 Å². The molecular formula is C51H66N10O7S2. The number of ether oxygens (including phenoxy) is 1. The number of nitrogens with one attached hydrogen (secondary N) is 3. The summed E-state index contributed by atoms with van der Waals surface area (Å²) in [4.78, 5) is 44.4. The standard InChI is InChI=1S/C51H66N10O7S2/c1-6-58-23-24-60(46(33-58)43-10-8-7-9-42(43)34(2)3)39-28-51(29-39)18-21-59(22-19-51)38-15-16-44(47(26-38)68-40-25-36-17-20-52-48(36)54-31-40)50(62)57-70(66,67)41-27-45(61(63)64)49(55-32-41)53-30-35-11-13-37(14-12-35)56-69(4,5)65/h7-10,15-17,20,25-27,31-32,34-35,37,39,46H,6,11-14,18-19,21-24,28-30,33H2,1-5H3,(H,52,54)(H,53,55)(H,57,62)/t35?,37?,46-/m1/s1. The first-order valence-corrected chi connectivity index (χ1v) is 28.5. The Labute approximate surface area is 411 Å². The molecule has 1 amide bonds. The molecule has 5 aromatic rings. The topological polar surface area (TPSA) is 208 Å². The molecule has 5 heterocycles. The molecule has 0 unspecified atom stereocenters. The van der Waals surface area contributed by atoms with Crippen LogP contribution < -0.4 is 19.7 Å². The molecule has 3 aromatic heterocycles. The molecular weight excluding hydrogens is 929 g/mol. The number of rotatable bonds is 15. The van der Waals surface area contributed by atoms with Gasteiger partial charge in [0.1, 0.15) is 22.0 Å². The average molecular weight is 995 g/mol. The molecule has 2 saturated carbocycles. The van der Waals surface area contributed by atoms with E-state index in [4.69, 9.17) is 4.74 Å². The quantitative estimate of drug-likeness (QED) is 0.0663. The van der Waals surface area contributed by atoms with E-state index in [1.165, 1.54) is 30.2 Å². The number of H-pyrrole nitrogens is 1. The summed E-state index contributed by atoms with van der Waals surface area (Å²) in [7, 11) is -6.86. The molecule has 2 aliphatic carbocycles. The van der Waals surface area contributed by atoms with Gasteiger partial charge in [0.25, 0.3) is 15.9 Å². The zero-order valence-corrected chi connectivity index (χ0v) is 42.4. The fourth-order valence-electron chi connectivity index (χ4n) is 11.2. The van der Waals surface area contributed by atoms with Crippen LogP contribution in [0.25, 0.3) is 11.0 Å². The van der Waals surface area contributed by atoms with Gasteiger partial charge in [0.05, 0.1) is 28.9 Å². The predicted octanol–water partition coefficient (Wildman–Crippen LogP) is 8.73. The lowest BCUT2D eigenvalue weighted by Crippen LogP contribution is -2.60. The van der Waals surface area contributed by atoms with Gasteiger partial charge in [-0.1, -0.05) is 45.0 Å². The number of piperazine rings is 1. The van der Waals surface area contributed by atoms with Gasteiger partial charge in [0, 0.05) is 103 Å². The number of likely N-dealkylation sites (N-methyl/N-ethyl adjacent to an activating group) is 1. The van der Waals surface area contributed by atoms with Crippen molar-refractivity contribution in [1.29, 1.82) is 0 Å². The zero-order valence-electron chi connectivity index (χ0n) is 40.8. The number of aromatic nitrogens is 3. The third kappa shape index (κ3) is 11.0. The van der Waals surface area contributed by atoms with Gasteiger partial charge in [0.2, 0.25) is 5.82 Å². The highest BCUT2D eigenvalue weighted by Crippen LogP contribution is 2.53. The van der Waals surface area contributed by atoms with Crippen LogP contribution in [0.2, 0.25) is 0 Å². The normalized spacial score (nSPS) is 21.4. The Morgan fingerprint density at radius 2 is 1.73 bits per heavy atom. The maximum Gasteiger partial charge on any atom is 0.312 e. The lowest BCUT2D eigenvalue weighted by atomic mass is 9.59. The van der Waals surface area contributed by atoms with Crippen LogP contribution in [0, 0.1) is 21.4 Å². The van der Waals surface area contributed by atoms with Crippen LogP contribution in [0.5, 0.6) is 11.5 Å². The maximum absolute atomic E-state index is 14.1. The highest BCUT2D eigenvalue weighted by Gasteiger charge is 2.50. The number of carbonyl (C=O) groups excluding carboxylic acids is 1. The van der Waals surface area contributed by atoms with Crippen LogP contribution in [-0.2, 0) is 19.8 Å². The number of nitro groups is 1. The van der Waals surface area contributed by atoms with Crippen molar-refractivity contribution < 1.29 is 27.1 Å². The summed E-state index contributed by atoms with van der Waals surface area (Å²) in [5.41, 5.74) is 4.09. The Morgan fingerprint density at radius 1 is 0.971 bits per heavy atom. The van der Waals surface area contributed by atoms with Crippen LogP contribution in [0.15, 0.2) is 88.5 Å². The van der Waals surface area contributed by atoms with Crippen LogP contribution in [0.1, 0.15) is 106 Å². The van der Waals surface area contributed by atoms with E-state index in [2.05, 4.69) is 89.1 Å². The molecule has 9 rings (SSSR count). The number of benzene rings is 2. The largest absolute Gasteiger partial charge is 0.455 e. The van der Waals surface area contributed by atoms with E-state index in [0.717, 1.165) is 101 Å². The van der Waals surface area contributed by atoms with Crippen molar-refractivity contribution in [3.8, 4) is 11.5 Å². The molecule has 2 saturated heterocycles. The Bertz CT molecular complexity index is 2960. The number of nitrogens with zero attached hydrogens (tertiary/aromatic N) is 7. The fraction of sp³-hybridized carbons (Fsp3) is 0.510. The van der Waals surface area contributed by atoms with E-state index >= 15 is 0 Å². The summed E-state index contributed by atoms with van der Waals surface area (Å²) in [6, 6.07) is 19.6. The summed E-state index contributed by atoms with van der Waals surface area (Å²) in [6.45, 7) is 13.1. The summed E-state index contributed by atoms with van der Waals surface area (Å²) in [5, 5.41) is 16.1. The van der Waals surface area contributed by atoms with E-state index < -0.39 is 41.2 Å². The van der Waals surface area contributed by atoms with Gasteiger partial charge in [-0.2, -0.15) is 0 Å². The number of aromatic amines is 1. The van der Waals surface area contributed by atoms with E-state index in [-0.39, 0.29) is 34.5 Å². The number of pyridine rings is 2. The molecule has 374 valence electrons. The van der Waals surface area contributed by atoms with E-state index in [0.29, 0.717) is 35.9 Å². The number of piperidine rings is 1. The van der Waals surface area contributed by atoms with Gasteiger partial charge in [-0.15, -0.1) is 0 Å². The van der Waals surface area contributed by atoms with Crippen LogP contribution in [0.4, 0.5) is 17.2 Å². The molecule has 19 heteroatoms. The van der Waals surface area contributed by atoms with E-state index in [1.807, 2.05) is 12.1 Å². The van der Waals surface area contributed by atoms with Crippen molar-refractivity contribution in [2.75, 3.05) is 68.5 Å². The Morgan fingerprint density at radius 3 is 2.44 bits per heavy atom. The molecule has 70 heavy (non-hydrogen) atoms. The first-order chi connectivity index (χ1) is 33.5. The fourth-order valence-corrected chi connectivity index (χ4v) is 13.1. The maximum atomic E-state index is 14.1.